The Morgan fingerprint density at radius 2 is 2.09 bits per heavy atom. The van der Waals surface area contributed by atoms with E-state index in [0.29, 0.717) is 26.3 Å². The molecular weight excluding hydrogens is 292 g/mol. The minimum absolute atomic E-state index is 0.0790. The Labute approximate surface area is 138 Å². The lowest BCUT2D eigenvalue weighted by atomic mass is 10.0. The smallest absolute Gasteiger partial charge is 0.248 e. The Hall–Kier alpha value is -1.43. The minimum atomic E-state index is -0.160. The van der Waals surface area contributed by atoms with Gasteiger partial charge in [0.15, 0.2) is 0 Å². The van der Waals surface area contributed by atoms with Crippen LogP contribution in [-0.2, 0) is 20.7 Å². The molecule has 23 heavy (non-hydrogen) atoms. The number of likely N-dealkylation sites (N-methyl/N-ethyl adjacent to an activating group) is 1. The molecule has 2 aliphatic rings. The van der Waals surface area contributed by atoms with Crippen molar-refractivity contribution in [3.8, 4) is 0 Å². The summed E-state index contributed by atoms with van der Waals surface area (Å²) >= 11 is 0. The van der Waals surface area contributed by atoms with Crippen LogP contribution in [0.5, 0.6) is 0 Å². The zero-order chi connectivity index (χ0) is 16.1. The summed E-state index contributed by atoms with van der Waals surface area (Å²) in [6.45, 7) is 4.68. The van der Waals surface area contributed by atoms with Crippen LogP contribution in [0.4, 0.5) is 0 Å². The monoisotopic (exact) mass is 318 g/mol. The van der Waals surface area contributed by atoms with E-state index in [-0.39, 0.29) is 18.1 Å². The second-order valence-corrected chi connectivity index (χ2v) is 6.62. The number of nitrogens with zero attached hydrogens (tertiary/aromatic N) is 2. The fraction of sp³-hybridized carbons (Fsp3) is 0.611. The van der Waals surface area contributed by atoms with Crippen LogP contribution < -0.4 is 0 Å². The van der Waals surface area contributed by atoms with Gasteiger partial charge in [0.1, 0.15) is 6.61 Å². The third-order valence-electron chi connectivity index (χ3n) is 4.71. The molecule has 0 N–H and O–H groups in total. The van der Waals surface area contributed by atoms with Crippen LogP contribution in [0.3, 0.4) is 0 Å². The second-order valence-electron chi connectivity index (χ2n) is 6.62. The first-order valence-corrected chi connectivity index (χ1v) is 8.39. The van der Waals surface area contributed by atoms with Crippen LogP contribution in [0.1, 0.15) is 12.0 Å². The van der Waals surface area contributed by atoms with Crippen LogP contribution in [-0.4, -0.2) is 74.4 Å². The zero-order valence-electron chi connectivity index (χ0n) is 13.9. The molecule has 0 radical (unpaired) electrons. The van der Waals surface area contributed by atoms with Crippen molar-refractivity contribution in [2.45, 2.75) is 18.4 Å². The number of hydrogen-bond acceptors (Lipinski definition) is 4. The summed E-state index contributed by atoms with van der Waals surface area (Å²) in [7, 11) is 2.10. The van der Waals surface area contributed by atoms with Gasteiger partial charge < -0.3 is 19.3 Å². The predicted molar refractivity (Wildman–Crippen MR) is 88.3 cm³/mol. The van der Waals surface area contributed by atoms with Gasteiger partial charge >= 0.3 is 0 Å². The van der Waals surface area contributed by atoms with Gasteiger partial charge in [0.2, 0.25) is 5.91 Å². The molecule has 2 heterocycles. The molecule has 0 bridgehead atoms. The second kappa shape index (κ2) is 7.43. The molecular formula is C18H26N2O3. The summed E-state index contributed by atoms with van der Waals surface area (Å²) in [6, 6.07) is 10.2. The normalized spacial score (nSPS) is 25.2. The first-order chi connectivity index (χ1) is 11.2. The lowest BCUT2D eigenvalue weighted by Crippen LogP contribution is -2.55. The summed E-state index contributed by atoms with van der Waals surface area (Å²) in [5.41, 5.74) is 1.08. The molecule has 3 rings (SSSR count). The Morgan fingerprint density at radius 3 is 2.83 bits per heavy atom. The highest BCUT2D eigenvalue weighted by Gasteiger charge is 2.42. The van der Waals surface area contributed by atoms with Gasteiger partial charge in [-0.1, -0.05) is 30.3 Å². The van der Waals surface area contributed by atoms with Crippen molar-refractivity contribution in [3.63, 3.8) is 0 Å². The van der Waals surface area contributed by atoms with Gasteiger partial charge in [-0.25, -0.2) is 0 Å². The third kappa shape index (κ3) is 4.31. The number of carbonyl (C=O) groups is 1. The summed E-state index contributed by atoms with van der Waals surface area (Å²) in [5, 5.41) is 0. The van der Waals surface area contributed by atoms with E-state index < -0.39 is 0 Å². The van der Waals surface area contributed by atoms with Crippen LogP contribution in [0, 0.1) is 0 Å². The Morgan fingerprint density at radius 1 is 1.26 bits per heavy atom. The van der Waals surface area contributed by atoms with Crippen molar-refractivity contribution >= 4 is 5.91 Å². The zero-order valence-corrected chi connectivity index (χ0v) is 13.9. The van der Waals surface area contributed by atoms with Gasteiger partial charge in [0.05, 0.1) is 25.4 Å². The SMILES string of the molecule is CN1CCC2(C1)CN(C(=O)COCCc1ccccc1)CCO2. The van der Waals surface area contributed by atoms with Gasteiger partial charge in [-0.3, -0.25) is 4.79 Å². The van der Waals surface area contributed by atoms with Gasteiger partial charge in [0.25, 0.3) is 0 Å². The van der Waals surface area contributed by atoms with Crippen LogP contribution in [0.15, 0.2) is 30.3 Å². The molecule has 2 saturated heterocycles. The van der Waals surface area contributed by atoms with E-state index in [2.05, 4.69) is 24.1 Å². The lowest BCUT2D eigenvalue weighted by molar-refractivity contribution is -0.152. The number of morpholine rings is 1. The highest BCUT2D eigenvalue weighted by Crippen LogP contribution is 2.28. The van der Waals surface area contributed by atoms with Crippen LogP contribution in [0.25, 0.3) is 0 Å². The average molecular weight is 318 g/mol. The standard InChI is InChI=1S/C18H26N2O3/c1-19-9-8-18(14-19)15-20(10-12-23-18)17(21)13-22-11-7-16-5-3-2-4-6-16/h2-6H,7-15H2,1H3. The number of hydrogen-bond donors (Lipinski definition) is 0. The van der Waals surface area contributed by atoms with Crippen molar-refractivity contribution in [2.75, 3.05) is 53.0 Å². The minimum Gasteiger partial charge on any atom is -0.371 e. The number of benzene rings is 1. The largest absolute Gasteiger partial charge is 0.371 e. The highest BCUT2D eigenvalue weighted by molar-refractivity contribution is 5.77. The molecule has 0 aromatic heterocycles. The predicted octanol–water partition coefficient (Wildman–Crippen LogP) is 1.18. The van der Waals surface area contributed by atoms with Crippen LogP contribution >= 0.6 is 0 Å². The number of ether oxygens (including phenoxy) is 2. The van der Waals surface area contributed by atoms with Gasteiger partial charge in [0, 0.05) is 19.6 Å². The van der Waals surface area contributed by atoms with E-state index in [1.165, 1.54) is 5.56 Å². The molecule has 2 fully saturated rings. The first-order valence-electron chi connectivity index (χ1n) is 8.39. The van der Waals surface area contributed by atoms with Crippen molar-refractivity contribution in [1.29, 1.82) is 0 Å². The number of amides is 1. The fourth-order valence-electron chi connectivity index (χ4n) is 3.43. The third-order valence-corrected chi connectivity index (χ3v) is 4.71. The Bertz CT molecular complexity index is 518. The molecule has 2 aliphatic heterocycles. The number of carbonyl (C=O) groups excluding carboxylic acids is 1. The molecule has 126 valence electrons. The maximum atomic E-state index is 12.4. The fourth-order valence-corrected chi connectivity index (χ4v) is 3.43. The van der Waals surface area contributed by atoms with E-state index in [1.54, 1.807) is 0 Å². The Balaban J connectivity index is 1.41. The van der Waals surface area contributed by atoms with E-state index in [1.807, 2.05) is 23.1 Å². The Kier molecular flexibility index (Phi) is 5.30. The molecule has 0 aliphatic carbocycles. The van der Waals surface area contributed by atoms with Crippen LogP contribution in [0.2, 0.25) is 0 Å². The molecule has 1 aromatic carbocycles. The molecule has 0 saturated carbocycles. The van der Waals surface area contributed by atoms with Gasteiger partial charge in [-0.05, 0) is 25.5 Å². The van der Waals surface area contributed by atoms with E-state index in [0.717, 1.165) is 25.9 Å². The molecule has 5 nitrogen and oxygen atoms in total. The quantitative estimate of drug-likeness (QED) is 0.765. The lowest BCUT2D eigenvalue weighted by Gasteiger charge is -2.40. The molecule has 1 atom stereocenters. The molecule has 5 heteroatoms. The van der Waals surface area contributed by atoms with Gasteiger partial charge in [-0.15, -0.1) is 0 Å². The summed E-state index contributed by atoms with van der Waals surface area (Å²) in [6.07, 6.45) is 1.84. The molecule has 1 unspecified atom stereocenters. The number of rotatable bonds is 5. The van der Waals surface area contributed by atoms with E-state index in [9.17, 15) is 4.79 Å². The molecule has 1 aromatic rings. The van der Waals surface area contributed by atoms with Crippen molar-refractivity contribution in [1.82, 2.24) is 9.80 Å². The topological polar surface area (TPSA) is 42.0 Å². The maximum Gasteiger partial charge on any atom is 0.248 e. The van der Waals surface area contributed by atoms with E-state index >= 15 is 0 Å². The number of likely N-dealkylation sites (tertiary alicyclic amines) is 1. The summed E-state index contributed by atoms with van der Waals surface area (Å²) in [4.78, 5) is 16.5. The first kappa shape index (κ1) is 16.4. The summed E-state index contributed by atoms with van der Waals surface area (Å²) in [5.74, 6) is 0.0790. The molecule has 1 spiro atoms. The van der Waals surface area contributed by atoms with Crippen molar-refractivity contribution < 1.29 is 14.3 Å². The average Bonchev–Trinajstić information content (AvgIpc) is 2.92. The van der Waals surface area contributed by atoms with Gasteiger partial charge in [-0.2, -0.15) is 0 Å². The molecule has 1 amide bonds. The van der Waals surface area contributed by atoms with Crippen molar-refractivity contribution in [3.05, 3.63) is 35.9 Å². The summed E-state index contributed by atoms with van der Waals surface area (Å²) < 4.78 is 11.6. The van der Waals surface area contributed by atoms with Crippen molar-refractivity contribution in [2.24, 2.45) is 0 Å². The van der Waals surface area contributed by atoms with E-state index in [4.69, 9.17) is 9.47 Å². The maximum absolute atomic E-state index is 12.4. The highest BCUT2D eigenvalue weighted by atomic mass is 16.5.